The van der Waals surface area contributed by atoms with Crippen LogP contribution in [0.1, 0.15) is 5.69 Å². The lowest BCUT2D eigenvalue weighted by Crippen LogP contribution is -2.45. The fourth-order valence-corrected chi connectivity index (χ4v) is 3.53. The van der Waals surface area contributed by atoms with E-state index in [4.69, 9.17) is 11.6 Å². The average molecular weight is 400 g/mol. The van der Waals surface area contributed by atoms with E-state index in [1.807, 2.05) is 0 Å². The van der Waals surface area contributed by atoms with Crippen molar-refractivity contribution >= 4 is 28.3 Å². The van der Waals surface area contributed by atoms with Crippen LogP contribution in [-0.2, 0) is 0 Å². The molecule has 1 fully saturated rings. The second kappa shape index (κ2) is 7.11. The van der Waals surface area contributed by atoms with Crippen LogP contribution < -0.4 is 19.7 Å². The molecule has 142 valence electrons. The van der Waals surface area contributed by atoms with E-state index in [0.29, 0.717) is 46.2 Å². The maximum Gasteiger partial charge on any atom is 0.369 e. The van der Waals surface area contributed by atoms with Gasteiger partial charge in [-0.25, -0.2) is 4.39 Å². The first-order chi connectivity index (χ1) is 13.5. The molecule has 1 N–H and O–H groups in total. The molecular weight excluding hydrogens is 385 g/mol. The minimum atomic E-state index is -0.592. The molecule has 1 aromatic heterocycles. The Morgan fingerprint density at radius 3 is 2.36 bits per heavy atom. The Morgan fingerprint density at radius 1 is 1.07 bits per heavy atom. The zero-order chi connectivity index (χ0) is 19.8. The number of nitriles is 1. The summed E-state index contributed by atoms with van der Waals surface area (Å²) in [5.74, 6) is -0.592. The molecule has 0 bridgehead atoms. The van der Waals surface area contributed by atoms with Gasteiger partial charge >= 0.3 is 11.4 Å². The number of hydrogen-bond acceptors (Lipinski definition) is 5. The van der Waals surface area contributed by atoms with Crippen LogP contribution in [0.4, 0.5) is 10.1 Å². The number of fused-ring (bicyclic) bond motifs is 1. The van der Waals surface area contributed by atoms with E-state index in [1.54, 1.807) is 23.1 Å². The number of nitrogens with one attached hydrogen (secondary N) is 1. The van der Waals surface area contributed by atoms with Crippen LogP contribution >= 0.6 is 11.6 Å². The molecule has 1 aliphatic rings. The fourth-order valence-electron chi connectivity index (χ4n) is 3.41. The molecule has 0 aliphatic carbocycles. The Hall–Kier alpha value is -3.15. The van der Waals surface area contributed by atoms with Gasteiger partial charge in [0.25, 0.3) is 11.0 Å². The zero-order valence-corrected chi connectivity index (χ0v) is 15.4. The van der Waals surface area contributed by atoms with Gasteiger partial charge in [0.2, 0.25) is 0 Å². The van der Waals surface area contributed by atoms with Crippen molar-refractivity contribution in [3.05, 3.63) is 63.3 Å². The third kappa shape index (κ3) is 2.95. The van der Waals surface area contributed by atoms with Crippen molar-refractivity contribution in [3.63, 3.8) is 0 Å². The highest BCUT2D eigenvalue weighted by Gasteiger charge is 2.31. The van der Waals surface area contributed by atoms with Crippen LogP contribution in [0.2, 0.25) is 5.02 Å². The Bertz CT molecular complexity index is 1110. The Labute approximate surface area is 165 Å². The number of hydrogen-bond donors (Lipinski definition) is 1. The van der Waals surface area contributed by atoms with Crippen LogP contribution in [0.25, 0.3) is 22.3 Å². The minimum Gasteiger partial charge on any atom is -0.617 e. The normalized spacial score (nSPS) is 14.2. The van der Waals surface area contributed by atoms with Crippen molar-refractivity contribution in [2.75, 3.05) is 31.1 Å². The monoisotopic (exact) mass is 399 g/mol. The summed E-state index contributed by atoms with van der Waals surface area (Å²) in [7, 11) is 0. The topological polar surface area (TPSA) is 92.9 Å². The van der Waals surface area contributed by atoms with E-state index in [2.05, 4.69) is 5.32 Å². The minimum absolute atomic E-state index is 0.0563. The largest absolute Gasteiger partial charge is 0.617 e. The molecule has 0 amide bonds. The molecular formula is C19H15ClFN5O2. The third-order valence-electron chi connectivity index (χ3n) is 4.79. The van der Waals surface area contributed by atoms with Crippen molar-refractivity contribution in [2.45, 2.75) is 0 Å². The van der Waals surface area contributed by atoms with Crippen LogP contribution in [-0.4, -0.2) is 26.2 Å². The highest BCUT2D eigenvalue weighted by molar-refractivity contribution is 6.30. The first-order valence-electron chi connectivity index (χ1n) is 8.65. The summed E-state index contributed by atoms with van der Waals surface area (Å²) in [6, 6.07) is 10.3. The van der Waals surface area contributed by atoms with Crippen molar-refractivity contribution in [2.24, 2.45) is 0 Å². The average Bonchev–Trinajstić information content (AvgIpc) is 2.71. The first kappa shape index (κ1) is 18.2. The molecule has 1 aliphatic heterocycles. The summed E-state index contributed by atoms with van der Waals surface area (Å²) in [5.41, 5.74) is -0.121. The standard InChI is InChI=1S/C19H15ClFN5O2/c20-13-3-1-12(2-4-13)19-18(11-22)25(27)17-10-15(24-7-5-23-6-8-24)14(21)9-16(17)26(19)28/h1-4,9-10,23H,5-8H2. The van der Waals surface area contributed by atoms with Crippen molar-refractivity contribution < 1.29 is 13.9 Å². The van der Waals surface area contributed by atoms with Gasteiger partial charge in [-0.05, 0) is 24.3 Å². The van der Waals surface area contributed by atoms with Crippen LogP contribution in [0.5, 0.6) is 0 Å². The smallest absolute Gasteiger partial charge is 0.369 e. The second-order valence-corrected chi connectivity index (χ2v) is 6.87. The lowest BCUT2D eigenvalue weighted by molar-refractivity contribution is -0.622. The van der Waals surface area contributed by atoms with Crippen molar-refractivity contribution in [1.82, 2.24) is 5.32 Å². The van der Waals surface area contributed by atoms with Gasteiger partial charge in [-0.15, -0.1) is 4.73 Å². The molecule has 28 heavy (non-hydrogen) atoms. The van der Waals surface area contributed by atoms with Gasteiger partial charge in [0.05, 0.1) is 17.3 Å². The SMILES string of the molecule is N#Cc1c(-c2ccc(Cl)cc2)[n+]([O-])c2cc(F)c(N3CCNCC3)cc2[n+]1[O-]. The van der Waals surface area contributed by atoms with E-state index < -0.39 is 5.82 Å². The fraction of sp³-hybridized carbons (Fsp3) is 0.211. The first-order valence-corrected chi connectivity index (χ1v) is 9.03. The summed E-state index contributed by atoms with van der Waals surface area (Å²) in [6.45, 7) is 2.53. The number of benzene rings is 2. The number of halogens is 2. The predicted molar refractivity (Wildman–Crippen MR) is 102 cm³/mol. The Balaban J connectivity index is 1.97. The van der Waals surface area contributed by atoms with Crippen LogP contribution in [0, 0.1) is 27.6 Å². The maximum atomic E-state index is 14.8. The van der Waals surface area contributed by atoms with Gasteiger partial charge in [0.1, 0.15) is 0 Å². The lowest BCUT2D eigenvalue weighted by atomic mass is 10.1. The number of anilines is 1. The zero-order valence-electron chi connectivity index (χ0n) is 14.7. The molecule has 9 heteroatoms. The Morgan fingerprint density at radius 2 is 1.71 bits per heavy atom. The van der Waals surface area contributed by atoms with E-state index in [9.17, 15) is 20.1 Å². The molecule has 0 saturated carbocycles. The molecule has 0 atom stereocenters. The molecule has 1 saturated heterocycles. The molecule has 0 radical (unpaired) electrons. The molecule has 2 heterocycles. The van der Waals surface area contributed by atoms with Crippen molar-refractivity contribution in [1.29, 1.82) is 5.26 Å². The van der Waals surface area contributed by atoms with E-state index in [-0.39, 0.29) is 28.1 Å². The molecule has 4 rings (SSSR count). The number of nitrogens with zero attached hydrogens (tertiary/aromatic N) is 4. The number of piperazine rings is 1. The second-order valence-electron chi connectivity index (χ2n) is 6.43. The molecule has 0 spiro atoms. The predicted octanol–water partition coefficient (Wildman–Crippen LogP) is 1.85. The molecule has 7 nitrogen and oxygen atoms in total. The Kier molecular flexibility index (Phi) is 4.63. The maximum absolute atomic E-state index is 14.8. The molecule has 3 aromatic rings. The third-order valence-corrected chi connectivity index (χ3v) is 5.05. The lowest BCUT2D eigenvalue weighted by Gasteiger charge is -2.29. The van der Waals surface area contributed by atoms with Gasteiger partial charge < -0.3 is 20.6 Å². The van der Waals surface area contributed by atoms with E-state index in [1.165, 1.54) is 18.2 Å². The van der Waals surface area contributed by atoms with Gasteiger partial charge in [-0.2, -0.15) is 9.99 Å². The van der Waals surface area contributed by atoms with E-state index in [0.717, 1.165) is 6.07 Å². The quantitative estimate of drug-likeness (QED) is 0.524. The van der Waals surface area contributed by atoms with Crippen LogP contribution in [0.15, 0.2) is 36.4 Å². The molecule has 0 unspecified atom stereocenters. The van der Waals surface area contributed by atoms with Crippen LogP contribution in [0.3, 0.4) is 0 Å². The number of aromatic nitrogens is 2. The highest BCUT2D eigenvalue weighted by Crippen LogP contribution is 2.27. The summed E-state index contributed by atoms with van der Waals surface area (Å²) < 4.78 is 15.6. The molecule has 2 aromatic carbocycles. The summed E-state index contributed by atoms with van der Waals surface area (Å²) in [5, 5.41) is 39.0. The van der Waals surface area contributed by atoms with Gasteiger partial charge in [0.15, 0.2) is 11.9 Å². The van der Waals surface area contributed by atoms with Crippen molar-refractivity contribution in [3.8, 4) is 17.3 Å². The van der Waals surface area contributed by atoms with Gasteiger partial charge in [-0.3, -0.25) is 0 Å². The summed E-state index contributed by atoms with van der Waals surface area (Å²) in [4.78, 5) is 1.81. The summed E-state index contributed by atoms with van der Waals surface area (Å²) >= 11 is 5.88. The number of rotatable bonds is 2. The van der Waals surface area contributed by atoms with E-state index >= 15 is 0 Å². The summed E-state index contributed by atoms with van der Waals surface area (Å²) in [6.07, 6.45) is 0. The van der Waals surface area contributed by atoms with Gasteiger partial charge in [-0.1, -0.05) is 11.6 Å². The highest BCUT2D eigenvalue weighted by atomic mass is 35.5. The van der Waals surface area contributed by atoms with Gasteiger partial charge in [0, 0.05) is 37.3 Å².